The highest BCUT2D eigenvalue weighted by Gasteiger charge is 2.51. The van der Waals surface area contributed by atoms with E-state index in [-0.39, 0.29) is 18.1 Å². The van der Waals surface area contributed by atoms with Crippen molar-refractivity contribution in [2.45, 2.75) is 31.0 Å². The Labute approximate surface area is 144 Å². The Kier molecular flexibility index (Phi) is 4.28. The molecule has 1 amide bonds. The number of carboxylic acid groups (broad SMARTS) is 1. The number of aromatic carboxylic acids is 1. The third-order valence-electron chi connectivity index (χ3n) is 4.10. The summed E-state index contributed by atoms with van der Waals surface area (Å²) < 4.78 is 38.6. The number of carboxylic acids is 1. The highest BCUT2D eigenvalue weighted by Crippen LogP contribution is 2.49. The molecule has 1 aromatic carbocycles. The molecule has 1 aliphatic carbocycles. The van der Waals surface area contributed by atoms with Crippen LogP contribution in [0.3, 0.4) is 0 Å². The van der Waals surface area contributed by atoms with E-state index in [2.05, 4.69) is 10.3 Å². The van der Waals surface area contributed by atoms with E-state index in [1.165, 1.54) is 17.5 Å². The molecule has 1 aliphatic rings. The summed E-state index contributed by atoms with van der Waals surface area (Å²) >= 11 is 1.10. The summed E-state index contributed by atoms with van der Waals surface area (Å²) in [5.74, 6) is -1.53. The van der Waals surface area contributed by atoms with E-state index in [0.717, 1.165) is 23.5 Å². The number of carbonyl (C=O) groups is 2. The van der Waals surface area contributed by atoms with Gasteiger partial charge in [0.1, 0.15) is 5.01 Å². The summed E-state index contributed by atoms with van der Waals surface area (Å²) in [5.41, 5.74) is -1.50. The number of alkyl halides is 3. The first kappa shape index (κ1) is 17.4. The van der Waals surface area contributed by atoms with Gasteiger partial charge in [-0.1, -0.05) is 18.2 Å². The van der Waals surface area contributed by atoms with Crippen LogP contribution in [0, 0.1) is 0 Å². The maximum atomic E-state index is 12.9. The average Bonchev–Trinajstić information content (AvgIpc) is 3.23. The highest BCUT2D eigenvalue weighted by molar-refractivity contribution is 7.09. The van der Waals surface area contributed by atoms with E-state index >= 15 is 0 Å². The van der Waals surface area contributed by atoms with Crippen molar-refractivity contribution >= 4 is 23.2 Å². The molecule has 3 rings (SSSR count). The number of hydrogen-bond donors (Lipinski definition) is 2. The number of nitrogens with zero attached hydrogens (tertiary/aromatic N) is 1. The standard InChI is InChI=1S/C16H13F3N2O3S/c17-16(18,19)10-3-1-2-9(6-10)15(4-5-15)14(24)20-7-12-21-11(8-25-12)13(22)23/h1-3,6,8H,4-5,7H2,(H,20,24)(H,22,23). The SMILES string of the molecule is O=C(O)c1csc(CNC(=O)C2(c3cccc(C(F)(F)F)c3)CC2)n1. The number of hydrogen-bond acceptors (Lipinski definition) is 4. The van der Waals surface area contributed by atoms with Crippen molar-refractivity contribution in [3.8, 4) is 0 Å². The summed E-state index contributed by atoms with van der Waals surface area (Å²) in [6.45, 7) is 0.0392. The van der Waals surface area contributed by atoms with Gasteiger partial charge < -0.3 is 10.4 Å². The first-order chi connectivity index (χ1) is 11.7. The minimum Gasteiger partial charge on any atom is -0.476 e. The molecule has 0 bridgehead atoms. The molecule has 132 valence electrons. The van der Waals surface area contributed by atoms with Gasteiger partial charge in [0.2, 0.25) is 5.91 Å². The number of halogens is 3. The number of nitrogens with one attached hydrogen (secondary N) is 1. The molecule has 5 nitrogen and oxygen atoms in total. The van der Waals surface area contributed by atoms with Gasteiger partial charge >= 0.3 is 12.1 Å². The summed E-state index contributed by atoms with van der Waals surface area (Å²) in [5, 5.41) is 13.3. The number of amides is 1. The number of rotatable bonds is 5. The highest BCUT2D eigenvalue weighted by atomic mass is 32.1. The largest absolute Gasteiger partial charge is 0.476 e. The molecule has 0 spiro atoms. The summed E-state index contributed by atoms with van der Waals surface area (Å²) in [7, 11) is 0. The van der Waals surface area contributed by atoms with Crippen molar-refractivity contribution in [2.24, 2.45) is 0 Å². The maximum absolute atomic E-state index is 12.9. The Morgan fingerprint density at radius 1 is 1.32 bits per heavy atom. The van der Waals surface area contributed by atoms with Crippen LogP contribution in [0.25, 0.3) is 0 Å². The lowest BCUT2D eigenvalue weighted by molar-refractivity contribution is -0.137. The molecular weight excluding hydrogens is 357 g/mol. The molecule has 0 unspecified atom stereocenters. The zero-order valence-electron chi connectivity index (χ0n) is 12.8. The topological polar surface area (TPSA) is 79.3 Å². The van der Waals surface area contributed by atoms with Crippen LogP contribution in [-0.4, -0.2) is 22.0 Å². The van der Waals surface area contributed by atoms with E-state index in [4.69, 9.17) is 5.11 Å². The fourth-order valence-corrected chi connectivity index (χ4v) is 3.29. The van der Waals surface area contributed by atoms with Crippen LogP contribution in [0.1, 0.15) is 39.5 Å². The van der Waals surface area contributed by atoms with Crippen LogP contribution < -0.4 is 5.32 Å². The Morgan fingerprint density at radius 2 is 2.04 bits per heavy atom. The molecule has 1 fully saturated rings. The fraction of sp³-hybridized carbons (Fsp3) is 0.312. The second kappa shape index (κ2) is 6.14. The van der Waals surface area contributed by atoms with Crippen molar-refractivity contribution in [3.05, 3.63) is 51.5 Å². The normalized spacial score (nSPS) is 15.6. The Morgan fingerprint density at radius 3 is 2.60 bits per heavy atom. The number of benzene rings is 1. The smallest absolute Gasteiger partial charge is 0.416 e. The number of thiazole rings is 1. The molecule has 9 heteroatoms. The van der Waals surface area contributed by atoms with Crippen molar-refractivity contribution in [1.29, 1.82) is 0 Å². The van der Waals surface area contributed by atoms with Gasteiger partial charge in [-0.05, 0) is 24.5 Å². The molecule has 25 heavy (non-hydrogen) atoms. The van der Waals surface area contributed by atoms with E-state index in [0.29, 0.717) is 23.4 Å². The van der Waals surface area contributed by atoms with Gasteiger partial charge in [0.25, 0.3) is 0 Å². The van der Waals surface area contributed by atoms with Crippen LogP contribution in [0.4, 0.5) is 13.2 Å². The number of carbonyl (C=O) groups excluding carboxylic acids is 1. The molecule has 0 atom stereocenters. The molecule has 1 aromatic heterocycles. The van der Waals surface area contributed by atoms with Gasteiger partial charge in [0.05, 0.1) is 17.5 Å². The van der Waals surface area contributed by atoms with Crippen molar-refractivity contribution in [2.75, 3.05) is 0 Å². The summed E-state index contributed by atoms with van der Waals surface area (Å²) in [6.07, 6.45) is -3.52. The molecule has 0 saturated heterocycles. The van der Waals surface area contributed by atoms with E-state index in [1.54, 1.807) is 0 Å². The second-order valence-electron chi connectivity index (χ2n) is 5.77. The second-order valence-corrected chi connectivity index (χ2v) is 6.72. The molecule has 1 heterocycles. The van der Waals surface area contributed by atoms with Gasteiger partial charge in [0, 0.05) is 5.38 Å². The lowest BCUT2D eigenvalue weighted by Gasteiger charge is -2.17. The lowest BCUT2D eigenvalue weighted by atomic mass is 9.93. The van der Waals surface area contributed by atoms with E-state index < -0.39 is 23.1 Å². The van der Waals surface area contributed by atoms with Crippen LogP contribution in [0.15, 0.2) is 29.6 Å². The quantitative estimate of drug-likeness (QED) is 0.847. The fourth-order valence-electron chi connectivity index (χ4n) is 2.58. The first-order valence-corrected chi connectivity index (χ1v) is 8.24. The van der Waals surface area contributed by atoms with Crippen molar-refractivity contribution in [1.82, 2.24) is 10.3 Å². The number of aromatic nitrogens is 1. The lowest BCUT2D eigenvalue weighted by Crippen LogP contribution is -2.34. The minimum absolute atomic E-state index is 0.0392. The van der Waals surface area contributed by atoms with E-state index in [1.807, 2.05) is 0 Å². The predicted octanol–water partition coefficient (Wildman–Crippen LogP) is 3.21. The van der Waals surface area contributed by atoms with Gasteiger partial charge in [-0.15, -0.1) is 11.3 Å². The Hall–Kier alpha value is -2.42. The van der Waals surface area contributed by atoms with Crippen molar-refractivity contribution < 1.29 is 27.9 Å². The van der Waals surface area contributed by atoms with E-state index in [9.17, 15) is 22.8 Å². The molecule has 1 saturated carbocycles. The van der Waals surface area contributed by atoms with Crippen LogP contribution >= 0.6 is 11.3 Å². The predicted molar refractivity (Wildman–Crippen MR) is 83.3 cm³/mol. The monoisotopic (exact) mass is 370 g/mol. The van der Waals surface area contributed by atoms with Crippen LogP contribution in [0.2, 0.25) is 0 Å². The van der Waals surface area contributed by atoms with Gasteiger partial charge in [-0.2, -0.15) is 13.2 Å². The minimum atomic E-state index is -4.46. The first-order valence-electron chi connectivity index (χ1n) is 7.36. The third kappa shape index (κ3) is 3.51. The zero-order chi connectivity index (χ0) is 18.2. The van der Waals surface area contributed by atoms with Crippen LogP contribution in [-0.2, 0) is 22.9 Å². The summed E-state index contributed by atoms with van der Waals surface area (Å²) in [6, 6.07) is 4.80. The molecular formula is C16H13F3N2O3S. The van der Waals surface area contributed by atoms with Crippen LogP contribution in [0.5, 0.6) is 0 Å². The van der Waals surface area contributed by atoms with Gasteiger partial charge in [0.15, 0.2) is 5.69 Å². The van der Waals surface area contributed by atoms with Gasteiger partial charge in [-0.25, -0.2) is 9.78 Å². The van der Waals surface area contributed by atoms with Gasteiger partial charge in [-0.3, -0.25) is 4.79 Å². The molecule has 0 aliphatic heterocycles. The maximum Gasteiger partial charge on any atom is 0.416 e. The Balaban J connectivity index is 1.72. The summed E-state index contributed by atoms with van der Waals surface area (Å²) in [4.78, 5) is 27.1. The molecule has 0 radical (unpaired) electrons. The Bertz CT molecular complexity index is 828. The molecule has 2 aromatic rings. The zero-order valence-corrected chi connectivity index (χ0v) is 13.6. The average molecular weight is 370 g/mol. The van der Waals surface area contributed by atoms with Crippen molar-refractivity contribution in [3.63, 3.8) is 0 Å². The third-order valence-corrected chi connectivity index (χ3v) is 4.95. The molecule has 2 N–H and O–H groups in total.